The highest BCUT2D eigenvalue weighted by Gasteiger charge is 2.35. The van der Waals surface area contributed by atoms with Crippen molar-refractivity contribution in [3.05, 3.63) is 64.2 Å². The van der Waals surface area contributed by atoms with Crippen molar-refractivity contribution in [2.24, 2.45) is 0 Å². The van der Waals surface area contributed by atoms with E-state index in [2.05, 4.69) is 4.98 Å². The van der Waals surface area contributed by atoms with Gasteiger partial charge in [0.1, 0.15) is 5.82 Å². The van der Waals surface area contributed by atoms with E-state index in [1.54, 1.807) is 0 Å². The number of rotatable bonds is 3. The first-order chi connectivity index (χ1) is 9.80. The highest BCUT2D eigenvalue weighted by molar-refractivity contribution is 6.31. The molecule has 1 heterocycles. The van der Waals surface area contributed by atoms with E-state index in [9.17, 15) is 22.4 Å². The summed E-state index contributed by atoms with van der Waals surface area (Å²) in [4.78, 5) is 15.5. The van der Waals surface area contributed by atoms with E-state index in [0.29, 0.717) is 6.07 Å². The molecule has 0 aliphatic heterocycles. The lowest BCUT2D eigenvalue weighted by molar-refractivity contribution is -0.138. The van der Waals surface area contributed by atoms with Gasteiger partial charge < -0.3 is 0 Å². The van der Waals surface area contributed by atoms with Gasteiger partial charge in [-0.1, -0.05) is 17.7 Å². The summed E-state index contributed by atoms with van der Waals surface area (Å²) >= 11 is 5.76. The number of hydrogen-bond donors (Lipinski definition) is 0. The first-order valence-corrected chi connectivity index (χ1v) is 6.16. The molecule has 0 aliphatic rings. The van der Waals surface area contributed by atoms with Crippen LogP contribution in [0, 0.1) is 5.82 Å². The Hall–Kier alpha value is -1.95. The van der Waals surface area contributed by atoms with E-state index < -0.39 is 35.3 Å². The van der Waals surface area contributed by atoms with Crippen LogP contribution in [0.5, 0.6) is 0 Å². The molecule has 2 aromatic rings. The molecule has 0 unspecified atom stereocenters. The molecule has 1 aromatic carbocycles. The number of nitrogens with zero attached hydrogens (tertiary/aromatic N) is 1. The fourth-order valence-electron chi connectivity index (χ4n) is 1.82. The lowest BCUT2D eigenvalue weighted by Gasteiger charge is -2.11. The molecule has 0 amide bonds. The molecule has 0 bridgehead atoms. The smallest absolute Gasteiger partial charge is 0.294 e. The van der Waals surface area contributed by atoms with Crippen LogP contribution in [-0.4, -0.2) is 10.8 Å². The molecule has 0 spiro atoms. The van der Waals surface area contributed by atoms with Crippen LogP contribution in [0.2, 0.25) is 5.02 Å². The Morgan fingerprint density at radius 1 is 1.24 bits per heavy atom. The third-order valence-corrected chi connectivity index (χ3v) is 3.18. The van der Waals surface area contributed by atoms with Gasteiger partial charge in [0.05, 0.1) is 5.56 Å². The standard InChI is InChI=1S/C14H8ClF4NO/c15-11-2-1-3-12(16)8(11)6-13(21)9-7-20-5-4-10(9)14(17,18)19/h1-5,7H,6H2. The van der Waals surface area contributed by atoms with Crippen molar-refractivity contribution in [2.45, 2.75) is 12.6 Å². The predicted molar refractivity (Wildman–Crippen MR) is 68.7 cm³/mol. The van der Waals surface area contributed by atoms with E-state index in [1.807, 2.05) is 0 Å². The molecular formula is C14H8ClF4NO. The number of carbonyl (C=O) groups excluding carboxylic acids is 1. The first-order valence-electron chi connectivity index (χ1n) is 5.78. The Morgan fingerprint density at radius 2 is 1.95 bits per heavy atom. The van der Waals surface area contributed by atoms with Crippen LogP contribution >= 0.6 is 11.6 Å². The van der Waals surface area contributed by atoms with Gasteiger partial charge in [-0.3, -0.25) is 9.78 Å². The maximum Gasteiger partial charge on any atom is 0.417 e. The van der Waals surface area contributed by atoms with Crippen LogP contribution in [0.15, 0.2) is 36.7 Å². The van der Waals surface area contributed by atoms with Gasteiger partial charge in [-0.15, -0.1) is 0 Å². The second-order valence-corrected chi connectivity index (χ2v) is 4.63. The fourth-order valence-corrected chi connectivity index (χ4v) is 2.05. The van der Waals surface area contributed by atoms with Crippen molar-refractivity contribution in [2.75, 3.05) is 0 Å². The second kappa shape index (κ2) is 5.81. The van der Waals surface area contributed by atoms with Crippen molar-refractivity contribution < 1.29 is 22.4 Å². The van der Waals surface area contributed by atoms with Gasteiger partial charge in [0.25, 0.3) is 0 Å². The lowest BCUT2D eigenvalue weighted by atomic mass is 10.00. The van der Waals surface area contributed by atoms with Gasteiger partial charge in [-0.05, 0) is 18.2 Å². The van der Waals surface area contributed by atoms with E-state index in [0.717, 1.165) is 18.5 Å². The molecule has 0 saturated carbocycles. The van der Waals surface area contributed by atoms with Crippen LogP contribution in [0.3, 0.4) is 0 Å². The molecule has 0 aliphatic carbocycles. The molecule has 0 radical (unpaired) electrons. The maximum atomic E-state index is 13.6. The van der Waals surface area contributed by atoms with Crippen LogP contribution in [-0.2, 0) is 12.6 Å². The Morgan fingerprint density at radius 3 is 2.57 bits per heavy atom. The Balaban J connectivity index is 2.38. The number of hydrogen-bond acceptors (Lipinski definition) is 2. The monoisotopic (exact) mass is 317 g/mol. The van der Waals surface area contributed by atoms with Gasteiger partial charge in [0.2, 0.25) is 0 Å². The van der Waals surface area contributed by atoms with Gasteiger partial charge in [-0.2, -0.15) is 13.2 Å². The molecule has 0 saturated heterocycles. The minimum atomic E-state index is -4.69. The summed E-state index contributed by atoms with van der Waals surface area (Å²) in [5.41, 5.74) is -1.85. The Kier molecular flexibility index (Phi) is 4.27. The summed E-state index contributed by atoms with van der Waals surface area (Å²) in [6, 6.07) is 4.50. The molecule has 7 heteroatoms. The topological polar surface area (TPSA) is 30.0 Å². The zero-order valence-electron chi connectivity index (χ0n) is 10.4. The quantitative estimate of drug-likeness (QED) is 0.623. The summed E-state index contributed by atoms with van der Waals surface area (Å²) in [6.07, 6.45) is -3.50. The Bertz CT molecular complexity index is 665. The number of alkyl halides is 3. The van der Waals surface area contributed by atoms with Crippen molar-refractivity contribution in [1.82, 2.24) is 4.98 Å². The maximum absolute atomic E-state index is 13.6. The summed E-state index contributed by atoms with van der Waals surface area (Å²) in [6.45, 7) is 0. The van der Waals surface area contributed by atoms with Crippen LogP contribution < -0.4 is 0 Å². The SMILES string of the molecule is O=C(Cc1c(F)cccc1Cl)c1cnccc1C(F)(F)F. The van der Waals surface area contributed by atoms with Gasteiger partial charge in [-0.25, -0.2) is 4.39 Å². The average molecular weight is 318 g/mol. The van der Waals surface area contributed by atoms with Crippen molar-refractivity contribution in [3.63, 3.8) is 0 Å². The normalized spacial score (nSPS) is 11.5. The molecule has 2 rings (SSSR count). The summed E-state index contributed by atoms with van der Waals surface area (Å²) in [7, 11) is 0. The molecule has 0 N–H and O–H groups in total. The first kappa shape index (κ1) is 15.4. The molecule has 110 valence electrons. The number of carbonyl (C=O) groups is 1. The zero-order valence-corrected chi connectivity index (χ0v) is 11.2. The second-order valence-electron chi connectivity index (χ2n) is 4.22. The number of halogens is 5. The molecule has 21 heavy (non-hydrogen) atoms. The largest absolute Gasteiger partial charge is 0.417 e. The Labute approximate surface area is 122 Å². The molecule has 2 nitrogen and oxygen atoms in total. The molecular weight excluding hydrogens is 310 g/mol. The van der Waals surface area contributed by atoms with Crippen molar-refractivity contribution in [3.8, 4) is 0 Å². The fraction of sp³-hybridized carbons (Fsp3) is 0.143. The summed E-state index contributed by atoms with van der Waals surface area (Å²) < 4.78 is 52.1. The number of ketones is 1. The van der Waals surface area contributed by atoms with Crippen LogP contribution in [0.25, 0.3) is 0 Å². The minimum absolute atomic E-state index is 0.0131. The summed E-state index contributed by atoms with van der Waals surface area (Å²) in [5, 5.41) is -0.0131. The van der Waals surface area contributed by atoms with E-state index in [-0.39, 0.29) is 10.6 Å². The molecule has 0 fully saturated rings. The average Bonchev–Trinajstić information content (AvgIpc) is 2.42. The zero-order chi connectivity index (χ0) is 15.6. The summed E-state index contributed by atoms with van der Waals surface area (Å²) in [5.74, 6) is -1.64. The predicted octanol–water partition coefficient (Wildman–Crippen LogP) is 4.32. The minimum Gasteiger partial charge on any atom is -0.294 e. The highest BCUT2D eigenvalue weighted by Crippen LogP contribution is 2.32. The highest BCUT2D eigenvalue weighted by atomic mass is 35.5. The van der Waals surface area contributed by atoms with Gasteiger partial charge >= 0.3 is 6.18 Å². The van der Waals surface area contributed by atoms with E-state index in [4.69, 9.17) is 11.6 Å². The van der Waals surface area contributed by atoms with E-state index in [1.165, 1.54) is 12.1 Å². The third-order valence-electron chi connectivity index (χ3n) is 2.83. The lowest BCUT2D eigenvalue weighted by Crippen LogP contribution is -2.15. The molecule has 0 atom stereocenters. The van der Waals surface area contributed by atoms with Crippen LogP contribution in [0.4, 0.5) is 17.6 Å². The van der Waals surface area contributed by atoms with Crippen LogP contribution in [0.1, 0.15) is 21.5 Å². The number of pyridine rings is 1. The van der Waals surface area contributed by atoms with Gasteiger partial charge in [0, 0.05) is 35.0 Å². The van der Waals surface area contributed by atoms with E-state index >= 15 is 0 Å². The van der Waals surface area contributed by atoms with Crippen molar-refractivity contribution >= 4 is 17.4 Å². The van der Waals surface area contributed by atoms with Crippen molar-refractivity contribution in [1.29, 1.82) is 0 Å². The number of aromatic nitrogens is 1. The third kappa shape index (κ3) is 3.39. The van der Waals surface area contributed by atoms with Gasteiger partial charge in [0.15, 0.2) is 5.78 Å². The molecule has 1 aromatic heterocycles. The number of Topliss-reactive ketones (excluding diaryl/α,β-unsaturated/α-hetero) is 1. The number of benzene rings is 1.